The van der Waals surface area contributed by atoms with Crippen molar-refractivity contribution >= 4 is 5.78 Å². The number of rotatable bonds is 2. The first kappa shape index (κ1) is 8.72. The van der Waals surface area contributed by atoms with E-state index in [2.05, 4.69) is 4.90 Å². The predicted molar refractivity (Wildman–Crippen MR) is 45.5 cm³/mol. The number of hydrogen-bond acceptors (Lipinski definition) is 2. The fourth-order valence-electron chi connectivity index (χ4n) is 1.69. The Labute approximate surface area is 68.6 Å². The van der Waals surface area contributed by atoms with Gasteiger partial charge in [0.05, 0.1) is 0 Å². The van der Waals surface area contributed by atoms with Crippen LogP contribution in [0.15, 0.2) is 0 Å². The van der Waals surface area contributed by atoms with Crippen molar-refractivity contribution in [2.75, 3.05) is 20.6 Å². The van der Waals surface area contributed by atoms with Crippen LogP contribution in [0.2, 0.25) is 0 Å². The third-order valence-corrected chi connectivity index (χ3v) is 2.27. The molecule has 2 nitrogen and oxygen atoms in total. The first-order valence-corrected chi connectivity index (χ1v) is 4.37. The highest BCUT2D eigenvalue weighted by Gasteiger charge is 2.21. The van der Waals surface area contributed by atoms with Crippen LogP contribution in [-0.4, -0.2) is 31.3 Å². The highest BCUT2D eigenvalue weighted by molar-refractivity contribution is 5.81. The maximum atomic E-state index is 11.3. The molecule has 0 unspecified atom stereocenters. The average molecular weight is 155 g/mol. The lowest BCUT2D eigenvalue weighted by molar-refractivity contribution is -0.125. The summed E-state index contributed by atoms with van der Waals surface area (Å²) in [5, 5.41) is 0. The number of Topliss-reactive ketones (excluding diaryl/α,β-unsaturated/α-hetero) is 1. The molecule has 1 aliphatic carbocycles. The summed E-state index contributed by atoms with van der Waals surface area (Å²) in [5.74, 6) is 0.809. The molecule has 0 amide bonds. The smallest absolute Gasteiger partial charge is 0.137 e. The maximum Gasteiger partial charge on any atom is 0.137 e. The van der Waals surface area contributed by atoms with Crippen molar-refractivity contribution in [2.24, 2.45) is 5.92 Å². The second-order valence-corrected chi connectivity index (χ2v) is 3.67. The van der Waals surface area contributed by atoms with Gasteiger partial charge in [-0.2, -0.15) is 0 Å². The number of carbonyl (C=O) groups excluding carboxylic acids is 1. The lowest BCUT2D eigenvalue weighted by atomic mass is 9.88. The molecule has 0 aromatic heterocycles. The summed E-state index contributed by atoms with van der Waals surface area (Å²) in [6.07, 6.45) is 4.28. The van der Waals surface area contributed by atoms with Crippen LogP contribution < -0.4 is 0 Å². The van der Waals surface area contributed by atoms with Crippen LogP contribution >= 0.6 is 0 Å². The molecule has 0 N–H and O–H groups in total. The fourth-order valence-corrected chi connectivity index (χ4v) is 1.69. The van der Waals surface area contributed by atoms with Gasteiger partial charge in [0, 0.05) is 18.9 Å². The zero-order valence-electron chi connectivity index (χ0n) is 7.47. The summed E-state index contributed by atoms with van der Waals surface area (Å²) >= 11 is 0. The van der Waals surface area contributed by atoms with Crippen molar-refractivity contribution in [3.8, 4) is 0 Å². The first-order valence-electron chi connectivity index (χ1n) is 4.37. The minimum atomic E-state index is 0.332. The summed E-state index contributed by atoms with van der Waals surface area (Å²) in [7, 11) is 4.06. The van der Waals surface area contributed by atoms with E-state index in [1.807, 2.05) is 14.1 Å². The zero-order valence-corrected chi connectivity index (χ0v) is 7.47. The van der Waals surface area contributed by atoms with E-state index in [0.717, 1.165) is 25.8 Å². The highest BCUT2D eigenvalue weighted by atomic mass is 16.1. The van der Waals surface area contributed by atoms with Gasteiger partial charge < -0.3 is 4.90 Å². The minimum absolute atomic E-state index is 0.332. The van der Waals surface area contributed by atoms with Crippen molar-refractivity contribution in [3.63, 3.8) is 0 Å². The molecule has 0 radical (unpaired) electrons. The second kappa shape index (κ2) is 3.86. The van der Waals surface area contributed by atoms with E-state index in [9.17, 15) is 4.79 Å². The highest BCUT2D eigenvalue weighted by Crippen LogP contribution is 2.20. The fraction of sp³-hybridized carbons (Fsp3) is 0.889. The van der Waals surface area contributed by atoms with Gasteiger partial charge in [0.1, 0.15) is 5.78 Å². The van der Waals surface area contributed by atoms with Gasteiger partial charge in [0.25, 0.3) is 0 Å². The molecular formula is C9H17NO. The van der Waals surface area contributed by atoms with Crippen molar-refractivity contribution in [2.45, 2.75) is 25.7 Å². The van der Waals surface area contributed by atoms with Crippen LogP contribution in [0.4, 0.5) is 0 Å². The molecule has 1 aliphatic rings. The largest absolute Gasteiger partial charge is 0.309 e. The quantitative estimate of drug-likeness (QED) is 0.599. The van der Waals surface area contributed by atoms with Gasteiger partial charge in [0.15, 0.2) is 0 Å². The summed E-state index contributed by atoms with van der Waals surface area (Å²) in [4.78, 5) is 13.4. The molecule has 0 saturated heterocycles. The zero-order chi connectivity index (χ0) is 8.27. The lowest BCUT2D eigenvalue weighted by Gasteiger charge is -2.23. The van der Waals surface area contributed by atoms with Gasteiger partial charge in [-0.05, 0) is 26.9 Å². The van der Waals surface area contributed by atoms with Crippen LogP contribution in [-0.2, 0) is 4.79 Å². The summed E-state index contributed by atoms with van der Waals surface area (Å²) in [6.45, 7) is 0.943. The van der Waals surface area contributed by atoms with Crippen LogP contribution in [0.5, 0.6) is 0 Å². The summed E-state index contributed by atoms with van der Waals surface area (Å²) < 4.78 is 0. The van der Waals surface area contributed by atoms with Crippen molar-refractivity contribution in [1.82, 2.24) is 4.90 Å². The van der Waals surface area contributed by atoms with E-state index in [1.165, 1.54) is 6.42 Å². The molecule has 1 fully saturated rings. The Kier molecular flexibility index (Phi) is 3.06. The average Bonchev–Trinajstić information content (AvgIpc) is 1.93. The minimum Gasteiger partial charge on any atom is -0.309 e. The van der Waals surface area contributed by atoms with Crippen molar-refractivity contribution < 1.29 is 4.79 Å². The SMILES string of the molecule is CN(C)C[C@@H]1CCCCC1=O. The number of ketones is 1. The van der Waals surface area contributed by atoms with E-state index in [4.69, 9.17) is 0 Å². The Hall–Kier alpha value is -0.370. The molecule has 64 valence electrons. The van der Waals surface area contributed by atoms with Gasteiger partial charge in [-0.15, -0.1) is 0 Å². The molecular weight excluding hydrogens is 138 g/mol. The molecule has 0 bridgehead atoms. The molecule has 0 aromatic carbocycles. The second-order valence-electron chi connectivity index (χ2n) is 3.67. The van der Waals surface area contributed by atoms with Crippen LogP contribution in [0, 0.1) is 5.92 Å². The van der Waals surface area contributed by atoms with E-state index < -0.39 is 0 Å². The molecule has 0 spiro atoms. The molecule has 0 aliphatic heterocycles. The van der Waals surface area contributed by atoms with Crippen molar-refractivity contribution in [3.05, 3.63) is 0 Å². The van der Waals surface area contributed by atoms with E-state index in [-0.39, 0.29) is 0 Å². The Morgan fingerprint density at radius 3 is 2.73 bits per heavy atom. The molecule has 1 atom stereocenters. The van der Waals surface area contributed by atoms with E-state index in [1.54, 1.807) is 0 Å². The van der Waals surface area contributed by atoms with E-state index in [0.29, 0.717) is 11.7 Å². The van der Waals surface area contributed by atoms with Crippen LogP contribution in [0.3, 0.4) is 0 Å². The van der Waals surface area contributed by atoms with Crippen LogP contribution in [0.1, 0.15) is 25.7 Å². The Morgan fingerprint density at radius 1 is 1.45 bits per heavy atom. The van der Waals surface area contributed by atoms with Gasteiger partial charge in [-0.1, -0.05) is 6.42 Å². The Balaban J connectivity index is 2.36. The molecule has 11 heavy (non-hydrogen) atoms. The molecule has 1 rings (SSSR count). The topological polar surface area (TPSA) is 20.3 Å². The van der Waals surface area contributed by atoms with E-state index >= 15 is 0 Å². The number of nitrogens with zero attached hydrogens (tertiary/aromatic N) is 1. The molecule has 1 saturated carbocycles. The van der Waals surface area contributed by atoms with Gasteiger partial charge in [-0.3, -0.25) is 4.79 Å². The third-order valence-electron chi connectivity index (χ3n) is 2.27. The van der Waals surface area contributed by atoms with Gasteiger partial charge >= 0.3 is 0 Å². The standard InChI is InChI=1S/C9H17NO/c1-10(2)7-8-5-3-4-6-9(8)11/h8H,3-7H2,1-2H3/t8-/m0/s1. The predicted octanol–water partition coefficient (Wildman–Crippen LogP) is 1.31. The normalized spacial score (nSPS) is 26.1. The molecule has 0 aromatic rings. The summed E-state index contributed by atoms with van der Waals surface area (Å²) in [5.41, 5.74) is 0. The maximum absolute atomic E-state index is 11.3. The number of carbonyl (C=O) groups is 1. The summed E-state index contributed by atoms with van der Waals surface area (Å²) in [6, 6.07) is 0. The Bertz CT molecular complexity index is 142. The monoisotopic (exact) mass is 155 g/mol. The van der Waals surface area contributed by atoms with Gasteiger partial charge in [-0.25, -0.2) is 0 Å². The first-order chi connectivity index (χ1) is 5.20. The molecule has 0 heterocycles. The number of hydrogen-bond donors (Lipinski definition) is 0. The Morgan fingerprint density at radius 2 is 2.18 bits per heavy atom. The molecule has 2 heteroatoms. The third kappa shape index (κ3) is 2.62. The van der Waals surface area contributed by atoms with Gasteiger partial charge in [0.2, 0.25) is 0 Å². The lowest BCUT2D eigenvalue weighted by Crippen LogP contribution is -2.29. The van der Waals surface area contributed by atoms with Crippen LogP contribution in [0.25, 0.3) is 0 Å². The van der Waals surface area contributed by atoms with Crippen molar-refractivity contribution in [1.29, 1.82) is 0 Å².